The molecule has 4 nitrogen and oxygen atoms in total. The summed E-state index contributed by atoms with van der Waals surface area (Å²) in [5, 5.41) is 4.07. The molecule has 1 aliphatic heterocycles. The third-order valence-corrected chi connectivity index (χ3v) is 6.30. The molecule has 1 atom stereocenters. The molecule has 1 aromatic heterocycles. The van der Waals surface area contributed by atoms with Crippen LogP contribution in [0.1, 0.15) is 23.2 Å². The standard InChI is InChI=1S/C21H17Cl3N2O2S/c22-14-4-1-3-13(9-14)20(27)26(11-16-5-2-8-28-16)21-25-19(12-29-21)17-7-6-15(23)10-18(17)24/h1,3-4,6-7,9-10,12,16H,2,5,8,11H2/t16-/m1/s1. The summed E-state index contributed by atoms with van der Waals surface area (Å²) >= 11 is 19.8. The lowest BCUT2D eigenvalue weighted by molar-refractivity contribution is 0.0917. The number of carbonyl (C=O) groups excluding carboxylic acids is 1. The van der Waals surface area contributed by atoms with Crippen molar-refractivity contribution in [1.82, 2.24) is 4.98 Å². The lowest BCUT2D eigenvalue weighted by Gasteiger charge is -2.23. The van der Waals surface area contributed by atoms with Gasteiger partial charge in [-0.3, -0.25) is 9.69 Å². The smallest absolute Gasteiger partial charge is 0.260 e. The van der Waals surface area contributed by atoms with Gasteiger partial charge in [0.1, 0.15) is 0 Å². The molecule has 1 fully saturated rings. The highest BCUT2D eigenvalue weighted by molar-refractivity contribution is 7.14. The van der Waals surface area contributed by atoms with E-state index in [0.717, 1.165) is 18.4 Å². The topological polar surface area (TPSA) is 42.4 Å². The number of hydrogen-bond acceptors (Lipinski definition) is 4. The van der Waals surface area contributed by atoms with Gasteiger partial charge in [0, 0.05) is 33.2 Å². The maximum atomic E-state index is 13.3. The summed E-state index contributed by atoms with van der Waals surface area (Å²) in [5.41, 5.74) is 1.98. The SMILES string of the molecule is O=C(c1cccc(Cl)c1)N(C[C@H]1CCCO1)c1nc(-c2ccc(Cl)cc2Cl)cs1. The molecule has 1 saturated heterocycles. The highest BCUT2D eigenvalue weighted by atomic mass is 35.5. The molecule has 0 N–H and O–H groups in total. The minimum atomic E-state index is -0.161. The fraction of sp³-hybridized carbons (Fsp3) is 0.238. The molecule has 0 unspecified atom stereocenters. The van der Waals surface area contributed by atoms with E-state index >= 15 is 0 Å². The number of rotatable bonds is 5. The van der Waals surface area contributed by atoms with Crippen LogP contribution in [0.15, 0.2) is 47.8 Å². The highest BCUT2D eigenvalue weighted by Gasteiger charge is 2.27. The van der Waals surface area contributed by atoms with Crippen molar-refractivity contribution in [2.75, 3.05) is 18.1 Å². The maximum Gasteiger partial charge on any atom is 0.260 e. The normalized spacial score (nSPS) is 16.2. The van der Waals surface area contributed by atoms with E-state index in [1.807, 2.05) is 11.4 Å². The molecule has 1 aliphatic rings. The molecule has 0 saturated carbocycles. The average molecular weight is 468 g/mol. The molecule has 0 bridgehead atoms. The van der Waals surface area contributed by atoms with E-state index in [4.69, 9.17) is 39.5 Å². The zero-order valence-electron chi connectivity index (χ0n) is 15.3. The zero-order chi connectivity index (χ0) is 20.4. The third kappa shape index (κ3) is 4.76. The Labute approximate surface area is 188 Å². The molecule has 3 aromatic rings. The number of thiazole rings is 1. The van der Waals surface area contributed by atoms with Crippen LogP contribution in [0.2, 0.25) is 15.1 Å². The number of nitrogens with zero attached hydrogens (tertiary/aromatic N) is 2. The fourth-order valence-corrected chi connectivity index (χ4v) is 4.75. The van der Waals surface area contributed by atoms with Crippen LogP contribution in [0.4, 0.5) is 5.13 Å². The Hall–Kier alpha value is -1.63. The van der Waals surface area contributed by atoms with E-state index in [1.54, 1.807) is 41.3 Å². The monoisotopic (exact) mass is 466 g/mol. The molecule has 1 amide bonds. The van der Waals surface area contributed by atoms with Gasteiger partial charge < -0.3 is 4.74 Å². The van der Waals surface area contributed by atoms with Crippen molar-refractivity contribution in [3.63, 3.8) is 0 Å². The third-order valence-electron chi connectivity index (χ3n) is 4.66. The first-order valence-electron chi connectivity index (χ1n) is 9.11. The number of amides is 1. The zero-order valence-corrected chi connectivity index (χ0v) is 18.4. The van der Waals surface area contributed by atoms with Gasteiger partial charge in [-0.1, -0.05) is 40.9 Å². The first kappa shape index (κ1) is 20.6. The first-order valence-corrected chi connectivity index (χ1v) is 11.1. The molecule has 0 aliphatic carbocycles. The Morgan fingerprint density at radius 2 is 2.00 bits per heavy atom. The number of carbonyl (C=O) groups is 1. The molecular formula is C21H17Cl3N2O2S. The van der Waals surface area contributed by atoms with Gasteiger partial charge in [-0.05, 0) is 49.2 Å². The Morgan fingerprint density at radius 1 is 1.17 bits per heavy atom. The van der Waals surface area contributed by atoms with Gasteiger partial charge in [0.25, 0.3) is 5.91 Å². The van der Waals surface area contributed by atoms with E-state index in [2.05, 4.69) is 4.98 Å². The lowest BCUT2D eigenvalue weighted by Crippen LogP contribution is -2.37. The van der Waals surface area contributed by atoms with Gasteiger partial charge in [0.05, 0.1) is 23.4 Å². The molecule has 29 heavy (non-hydrogen) atoms. The second-order valence-corrected chi connectivity index (χ2v) is 8.82. The summed E-state index contributed by atoms with van der Waals surface area (Å²) in [6, 6.07) is 12.2. The molecule has 2 heterocycles. The fourth-order valence-electron chi connectivity index (χ4n) is 3.23. The van der Waals surface area contributed by atoms with Crippen molar-refractivity contribution >= 4 is 57.2 Å². The molecular weight excluding hydrogens is 451 g/mol. The number of ether oxygens (including phenoxy) is 1. The van der Waals surface area contributed by atoms with Crippen LogP contribution in [0.25, 0.3) is 11.3 Å². The molecule has 8 heteroatoms. The quantitative estimate of drug-likeness (QED) is 0.425. The van der Waals surface area contributed by atoms with Gasteiger partial charge >= 0.3 is 0 Å². The first-order chi connectivity index (χ1) is 14.0. The Bertz CT molecular complexity index is 1030. The maximum absolute atomic E-state index is 13.3. The molecule has 2 aromatic carbocycles. The number of anilines is 1. The Balaban J connectivity index is 1.67. The van der Waals surface area contributed by atoms with Crippen LogP contribution in [0, 0.1) is 0 Å². The van der Waals surface area contributed by atoms with Crippen LogP contribution in [-0.4, -0.2) is 30.1 Å². The van der Waals surface area contributed by atoms with Gasteiger partial charge in [0.2, 0.25) is 0 Å². The number of benzene rings is 2. The summed E-state index contributed by atoms with van der Waals surface area (Å²) in [4.78, 5) is 19.6. The van der Waals surface area contributed by atoms with Crippen molar-refractivity contribution in [3.05, 3.63) is 68.5 Å². The van der Waals surface area contributed by atoms with Crippen LogP contribution >= 0.6 is 46.1 Å². The average Bonchev–Trinajstić information content (AvgIpc) is 3.37. The van der Waals surface area contributed by atoms with Crippen molar-refractivity contribution in [1.29, 1.82) is 0 Å². The van der Waals surface area contributed by atoms with Crippen LogP contribution < -0.4 is 4.90 Å². The van der Waals surface area contributed by atoms with Crippen molar-refractivity contribution in [2.24, 2.45) is 0 Å². The second-order valence-electron chi connectivity index (χ2n) is 6.70. The summed E-state index contributed by atoms with van der Waals surface area (Å²) in [6.45, 7) is 1.15. The molecule has 150 valence electrons. The Morgan fingerprint density at radius 3 is 2.72 bits per heavy atom. The van der Waals surface area contributed by atoms with Gasteiger partial charge in [-0.15, -0.1) is 11.3 Å². The lowest BCUT2D eigenvalue weighted by atomic mass is 10.1. The van der Waals surface area contributed by atoms with Crippen LogP contribution in [-0.2, 0) is 4.74 Å². The van der Waals surface area contributed by atoms with Crippen molar-refractivity contribution in [3.8, 4) is 11.3 Å². The number of aromatic nitrogens is 1. The predicted octanol–water partition coefficient (Wildman–Crippen LogP) is 6.60. The van der Waals surface area contributed by atoms with Gasteiger partial charge in [0.15, 0.2) is 5.13 Å². The number of hydrogen-bond donors (Lipinski definition) is 0. The Kier molecular flexibility index (Phi) is 6.42. The summed E-state index contributed by atoms with van der Waals surface area (Å²) in [6.07, 6.45) is 1.90. The summed E-state index contributed by atoms with van der Waals surface area (Å²) < 4.78 is 5.76. The summed E-state index contributed by atoms with van der Waals surface area (Å²) in [7, 11) is 0. The highest BCUT2D eigenvalue weighted by Crippen LogP contribution is 2.34. The number of halogens is 3. The van der Waals surface area contributed by atoms with Gasteiger partial charge in [-0.2, -0.15) is 0 Å². The largest absolute Gasteiger partial charge is 0.376 e. The van der Waals surface area contributed by atoms with E-state index in [-0.39, 0.29) is 12.0 Å². The summed E-state index contributed by atoms with van der Waals surface area (Å²) in [5.74, 6) is -0.161. The van der Waals surface area contributed by atoms with Crippen LogP contribution in [0.5, 0.6) is 0 Å². The van der Waals surface area contributed by atoms with Crippen LogP contribution in [0.3, 0.4) is 0 Å². The predicted molar refractivity (Wildman–Crippen MR) is 120 cm³/mol. The molecule has 0 spiro atoms. The van der Waals surface area contributed by atoms with Crippen molar-refractivity contribution in [2.45, 2.75) is 18.9 Å². The molecule has 4 rings (SSSR count). The minimum Gasteiger partial charge on any atom is -0.376 e. The van der Waals surface area contributed by atoms with Crippen molar-refractivity contribution < 1.29 is 9.53 Å². The van der Waals surface area contributed by atoms with E-state index in [9.17, 15) is 4.79 Å². The van der Waals surface area contributed by atoms with E-state index in [1.165, 1.54) is 11.3 Å². The minimum absolute atomic E-state index is 0.00963. The van der Waals surface area contributed by atoms with Gasteiger partial charge in [-0.25, -0.2) is 4.98 Å². The molecule has 0 radical (unpaired) electrons. The second kappa shape index (κ2) is 9.02. The van der Waals surface area contributed by atoms with E-state index in [0.29, 0.717) is 44.6 Å². The van der Waals surface area contributed by atoms with E-state index < -0.39 is 0 Å².